The van der Waals surface area contributed by atoms with E-state index in [0.29, 0.717) is 0 Å². The number of hydrogen-bond donors (Lipinski definition) is 3. The molecule has 0 saturated carbocycles. The molecule has 0 aromatic rings. The molecule has 0 fully saturated rings. The van der Waals surface area contributed by atoms with Crippen LogP contribution in [0.4, 0.5) is 0 Å². The van der Waals surface area contributed by atoms with Crippen molar-refractivity contribution in [3.8, 4) is 0 Å². The van der Waals surface area contributed by atoms with Crippen LogP contribution in [0, 0.1) is 58.6 Å². The Kier molecular flexibility index (Phi) is 35.7. The van der Waals surface area contributed by atoms with E-state index >= 15 is 0 Å². The first-order valence-electron chi connectivity index (χ1n) is 14.0. The van der Waals surface area contributed by atoms with Gasteiger partial charge in [-0.25, -0.2) is 4.57 Å². The molecule has 40 heavy (non-hydrogen) atoms. The molecule has 4 atom stereocenters. The predicted octanol–water partition coefficient (Wildman–Crippen LogP) is 5.04. The molecule has 0 aliphatic heterocycles. The summed E-state index contributed by atoms with van der Waals surface area (Å²) in [5, 5.41) is 0. The van der Waals surface area contributed by atoms with E-state index in [1.165, 1.54) is 0 Å². The maximum absolute atomic E-state index is 10.4. The third-order valence-corrected chi connectivity index (χ3v) is 7.48. The van der Waals surface area contributed by atoms with Gasteiger partial charge in [0.05, 0.1) is 27.6 Å². The summed E-state index contributed by atoms with van der Waals surface area (Å²) in [6.07, 6.45) is 11.9. The third kappa shape index (κ3) is 41.8. The zero-order chi connectivity index (χ0) is 31.0. The monoisotopic (exact) mass is 769 g/mol. The van der Waals surface area contributed by atoms with Crippen LogP contribution in [0.2, 0.25) is 0 Å². The summed E-state index contributed by atoms with van der Waals surface area (Å²) in [5.74, 6) is 0.693. The maximum Gasteiger partial charge on any atom is 3.00 e. The van der Waals surface area contributed by atoms with Gasteiger partial charge < -0.3 is 43.0 Å². The van der Waals surface area contributed by atoms with Crippen molar-refractivity contribution in [1.82, 2.24) is 0 Å². The Morgan fingerprint density at radius 1 is 0.575 bits per heavy atom. The fourth-order valence-corrected chi connectivity index (χ4v) is 4.49. The molecule has 0 bridgehead atoms. The fraction of sp³-hybridized carbons (Fsp3) is 1.00. The van der Waals surface area contributed by atoms with Crippen LogP contribution in [-0.4, -0.2) is 34.5 Å². The van der Waals surface area contributed by atoms with E-state index in [4.69, 9.17) is 14.7 Å². The van der Waals surface area contributed by atoms with Gasteiger partial charge in [-0.2, -0.15) is 0 Å². The number of unbranched alkanes of at least 4 members (excludes halogenated alkanes) is 3. The Morgan fingerprint density at radius 3 is 1.10 bits per heavy atom. The van der Waals surface area contributed by atoms with Gasteiger partial charge >= 0.3 is 48.7 Å². The van der Waals surface area contributed by atoms with Crippen LogP contribution in [0.25, 0.3) is 0 Å². The van der Waals surface area contributed by atoms with Crippen molar-refractivity contribution in [2.45, 2.75) is 119 Å². The van der Waals surface area contributed by atoms with Gasteiger partial charge in [-0.15, -0.1) is 0 Å². The normalized spacial score (nSPS) is 15.3. The minimum Gasteiger partial charge on any atom is -0.790 e. The fourth-order valence-electron chi connectivity index (χ4n) is 3.29. The molecule has 0 aromatic heterocycles. The third-order valence-electron chi connectivity index (χ3n) is 6.05. The van der Waals surface area contributed by atoms with Crippen LogP contribution in [0.5, 0.6) is 0 Å². The quantitative estimate of drug-likeness (QED) is 0.131. The summed E-state index contributed by atoms with van der Waals surface area (Å²) in [7, 11) is -13.5. The van der Waals surface area contributed by atoms with E-state index in [9.17, 15) is 28.4 Å². The molecule has 0 amide bonds. The Labute approximate surface area is 275 Å². The van der Waals surface area contributed by atoms with Gasteiger partial charge in [-0.3, -0.25) is 9.09 Å². The summed E-state index contributed by atoms with van der Waals surface area (Å²) in [6, 6.07) is 0. The largest absolute Gasteiger partial charge is 3.00 e. The van der Waals surface area contributed by atoms with E-state index in [2.05, 4.69) is 34.3 Å². The average Bonchev–Trinajstić information content (AvgIpc) is 2.83. The molecule has 0 heterocycles. The van der Waals surface area contributed by atoms with Gasteiger partial charge in [0.2, 0.25) is 0 Å². The first kappa shape index (κ1) is 48.6. The van der Waals surface area contributed by atoms with Gasteiger partial charge in [0, 0.05) is 0 Å². The Hall–Kier alpha value is 1.68. The minimum atomic E-state index is -4.76. The second-order valence-corrected chi connectivity index (χ2v) is 13.1. The molecule has 1 radical (unpaired) electrons. The Bertz CT molecular complexity index is 594. The molecule has 12 nitrogen and oxygen atoms in total. The Morgan fingerprint density at radius 2 is 0.875 bits per heavy atom. The first-order valence-corrected chi connectivity index (χ1v) is 18.5. The molecule has 0 spiro atoms. The van der Waals surface area contributed by atoms with Gasteiger partial charge in [-0.1, -0.05) is 99.3 Å². The van der Waals surface area contributed by atoms with Crippen LogP contribution in [0.3, 0.4) is 0 Å². The number of phosphoric acid groups is 3. The van der Waals surface area contributed by atoms with Crippen LogP contribution in [-0.2, 0) is 27.3 Å². The van der Waals surface area contributed by atoms with E-state index in [1.807, 2.05) is 20.8 Å². The molecule has 0 saturated heterocycles. The molecule has 0 aromatic carbocycles. The summed E-state index contributed by atoms with van der Waals surface area (Å²) in [4.78, 5) is 56.0. The predicted molar refractivity (Wildman–Crippen MR) is 147 cm³/mol. The second kappa shape index (κ2) is 29.4. The van der Waals surface area contributed by atoms with Crippen molar-refractivity contribution >= 4 is 23.5 Å². The summed E-state index contributed by atoms with van der Waals surface area (Å²) in [5.41, 5.74) is 0. The van der Waals surface area contributed by atoms with Gasteiger partial charge in [0.15, 0.2) is 0 Å². The van der Waals surface area contributed by atoms with Crippen molar-refractivity contribution in [2.75, 3.05) is 19.8 Å². The topological polar surface area (TPSA) is 209 Å². The second-order valence-electron chi connectivity index (χ2n) is 9.54. The minimum absolute atomic E-state index is 0. The molecule has 0 aliphatic carbocycles. The zero-order valence-corrected chi connectivity index (χ0v) is 31.1. The molecule has 4 unspecified atom stereocenters. The SMILES string of the molecule is CCCCC(CC)COP(=O)(O)O.CCCCC(CC)COP(=O)([O-])O.CCCCC(CC)COP(=O)([O-])[O-].[Nd+3]. The summed E-state index contributed by atoms with van der Waals surface area (Å²) in [6.45, 7) is 12.5. The molecule has 16 heteroatoms. The zero-order valence-electron chi connectivity index (χ0n) is 25.2. The number of hydrogen-bond acceptors (Lipinski definition) is 9. The molecular weight excluding hydrogens is 717 g/mol. The molecule has 0 aliphatic rings. The number of phosphoric ester groups is 3. The smallest absolute Gasteiger partial charge is 0.790 e. The molecule has 3 N–H and O–H groups in total. The molecular formula is C24H54NdO12P3. The molecule has 0 rings (SSSR count). The van der Waals surface area contributed by atoms with Crippen molar-refractivity contribution in [3.05, 3.63) is 0 Å². The van der Waals surface area contributed by atoms with Gasteiger partial charge in [-0.05, 0) is 37.0 Å². The van der Waals surface area contributed by atoms with Crippen LogP contribution in [0.1, 0.15) is 119 Å². The van der Waals surface area contributed by atoms with E-state index in [-0.39, 0.29) is 78.4 Å². The molecule has 241 valence electrons. The maximum atomic E-state index is 10.4. The standard InChI is InChI=1S/3C8H19O4P.Nd/c3*1-3-5-6-8(4-2)7-12-13(9,10)11;/h3*8H,3-7H2,1-2H3,(H2,9,10,11);/q;;;+3/p-3. The summed E-state index contributed by atoms with van der Waals surface area (Å²) >= 11 is 0. The van der Waals surface area contributed by atoms with E-state index in [0.717, 1.165) is 77.0 Å². The van der Waals surface area contributed by atoms with Crippen LogP contribution in [0.15, 0.2) is 0 Å². The van der Waals surface area contributed by atoms with Crippen molar-refractivity contribution in [2.24, 2.45) is 17.8 Å². The van der Waals surface area contributed by atoms with Crippen molar-refractivity contribution in [1.29, 1.82) is 0 Å². The van der Waals surface area contributed by atoms with E-state index < -0.39 is 23.5 Å². The number of rotatable bonds is 21. The van der Waals surface area contributed by atoms with Gasteiger partial charge in [0.1, 0.15) is 0 Å². The Balaban J connectivity index is -0.000000240. The van der Waals surface area contributed by atoms with Crippen LogP contribution >= 0.6 is 23.5 Å². The van der Waals surface area contributed by atoms with E-state index in [1.54, 1.807) is 0 Å². The average molecular weight is 772 g/mol. The summed E-state index contributed by atoms with van der Waals surface area (Å²) < 4.78 is 43.9. The van der Waals surface area contributed by atoms with Crippen molar-refractivity contribution in [3.63, 3.8) is 0 Å². The van der Waals surface area contributed by atoms with Gasteiger partial charge in [0.25, 0.3) is 7.82 Å². The first-order chi connectivity index (χ1) is 18.0. The van der Waals surface area contributed by atoms with Crippen molar-refractivity contribution < 1.29 is 97.5 Å². The van der Waals surface area contributed by atoms with Crippen LogP contribution < -0.4 is 14.7 Å².